The number of nitrogens with one attached hydrogen (secondary N) is 3. The van der Waals surface area contributed by atoms with Crippen molar-refractivity contribution < 1.29 is 14.1 Å². The summed E-state index contributed by atoms with van der Waals surface area (Å²) in [6.45, 7) is 0. The molecule has 0 spiro atoms. The van der Waals surface area contributed by atoms with Crippen LogP contribution >= 0.6 is 0 Å². The molecule has 35 heavy (non-hydrogen) atoms. The molecule has 2 heterocycles. The zero-order valence-corrected chi connectivity index (χ0v) is 19.3. The minimum Gasteiger partial charge on any atom is -0.311 e. The van der Waals surface area contributed by atoms with Crippen molar-refractivity contribution >= 4 is 29.0 Å². The number of nitrogens with zero attached hydrogens (tertiary/aromatic N) is 3. The van der Waals surface area contributed by atoms with Crippen molar-refractivity contribution in [3.05, 3.63) is 64.6 Å². The largest absolute Gasteiger partial charge is 0.439 e. The summed E-state index contributed by atoms with van der Waals surface area (Å²) in [6, 6.07) is 13.9. The first-order valence-electron chi connectivity index (χ1n) is 11.7. The minimum atomic E-state index is -1.06. The standard InChI is InChI=1S/C25H26N6O4/c1-31-19-13-6-5-12-18(19)20(15-8-3-2-4-9-15)27-22(23(31)32)28-24(33)26-17-11-7-10-16(14-17)21-29-25(34)35-30-21/h5-7,10-15,22H,2-4,8-9H2,1H3,(H2,26,28,33)(H,29,30,34)/t22-/m0/s1. The molecule has 1 aromatic heterocycles. The number of aromatic amines is 1. The Kier molecular flexibility index (Phi) is 6.17. The maximum atomic E-state index is 13.3. The second kappa shape index (κ2) is 9.57. The van der Waals surface area contributed by atoms with Crippen LogP contribution in [0.4, 0.5) is 16.2 Å². The van der Waals surface area contributed by atoms with E-state index in [-0.39, 0.29) is 17.6 Å². The maximum Gasteiger partial charge on any atom is 0.439 e. The van der Waals surface area contributed by atoms with Gasteiger partial charge in [-0.25, -0.2) is 9.59 Å². The fourth-order valence-corrected chi connectivity index (χ4v) is 4.73. The van der Waals surface area contributed by atoms with Gasteiger partial charge < -0.3 is 15.5 Å². The number of carbonyl (C=O) groups excluding carboxylic acids is 2. The topological polar surface area (TPSA) is 133 Å². The molecule has 2 aromatic carbocycles. The van der Waals surface area contributed by atoms with Gasteiger partial charge in [-0.05, 0) is 31.0 Å². The predicted molar refractivity (Wildman–Crippen MR) is 131 cm³/mol. The highest BCUT2D eigenvalue weighted by Crippen LogP contribution is 2.33. The first kappa shape index (κ1) is 22.6. The summed E-state index contributed by atoms with van der Waals surface area (Å²) in [5.41, 5.74) is 3.63. The Morgan fingerprint density at radius 2 is 1.89 bits per heavy atom. The fraction of sp³-hybridized carbons (Fsp3) is 0.320. The summed E-state index contributed by atoms with van der Waals surface area (Å²) in [6.07, 6.45) is 4.43. The lowest BCUT2D eigenvalue weighted by molar-refractivity contribution is -0.119. The van der Waals surface area contributed by atoms with Crippen molar-refractivity contribution in [2.45, 2.75) is 38.3 Å². The molecule has 0 saturated heterocycles. The number of fused-ring (bicyclic) bond motifs is 1. The highest BCUT2D eigenvalue weighted by atomic mass is 16.5. The van der Waals surface area contributed by atoms with E-state index in [9.17, 15) is 14.4 Å². The maximum absolute atomic E-state index is 13.3. The van der Waals surface area contributed by atoms with Crippen molar-refractivity contribution in [3.8, 4) is 11.4 Å². The Balaban J connectivity index is 1.39. The summed E-state index contributed by atoms with van der Waals surface area (Å²) in [4.78, 5) is 46.3. The van der Waals surface area contributed by atoms with Gasteiger partial charge in [0.2, 0.25) is 6.17 Å². The molecule has 0 radical (unpaired) electrons. The van der Waals surface area contributed by atoms with E-state index in [4.69, 9.17) is 4.99 Å². The highest BCUT2D eigenvalue weighted by molar-refractivity contribution is 6.14. The predicted octanol–water partition coefficient (Wildman–Crippen LogP) is 3.52. The number of urea groups is 1. The zero-order valence-electron chi connectivity index (χ0n) is 19.3. The number of carbonyl (C=O) groups is 2. The molecule has 180 valence electrons. The highest BCUT2D eigenvalue weighted by Gasteiger charge is 2.33. The lowest BCUT2D eigenvalue weighted by atomic mass is 9.83. The SMILES string of the molecule is CN1C(=O)[C@H](NC(=O)Nc2cccc(-c3noc(=O)[nH]3)c2)N=C(C2CCCCC2)c2ccccc21. The number of anilines is 2. The molecule has 3 amide bonds. The first-order valence-corrected chi connectivity index (χ1v) is 11.7. The first-order chi connectivity index (χ1) is 17.0. The molecule has 3 N–H and O–H groups in total. The van der Waals surface area contributed by atoms with Crippen molar-refractivity contribution in [1.82, 2.24) is 15.5 Å². The van der Waals surface area contributed by atoms with Gasteiger partial charge in [0.05, 0.1) is 11.4 Å². The number of H-pyrrole nitrogens is 1. The Labute approximate surface area is 201 Å². The average Bonchev–Trinajstić information content (AvgIpc) is 3.29. The van der Waals surface area contributed by atoms with Gasteiger partial charge in [0.15, 0.2) is 5.82 Å². The van der Waals surface area contributed by atoms with E-state index in [1.165, 1.54) is 6.42 Å². The van der Waals surface area contributed by atoms with Gasteiger partial charge in [-0.2, -0.15) is 0 Å². The fourth-order valence-electron chi connectivity index (χ4n) is 4.73. The molecule has 5 rings (SSSR count). The third kappa shape index (κ3) is 4.72. The van der Waals surface area contributed by atoms with Crippen LogP contribution in [-0.4, -0.2) is 41.0 Å². The quantitative estimate of drug-likeness (QED) is 0.532. The van der Waals surface area contributed by atoms with Gasteiger partial charge in [0.1, 0.15) is 0 Å². The molecule has 1 saturated carbocycles. The number of rotatable bonds is 4. The number of benzene rings is 2. The van der Waals surface area contributed by atoms with Crippen LogP contribution in [0.2, 0.25) is 0 Å². The van der Waals surface area contributed by atoms with E-state index in [1.807, 2.05) is 24.3 Å². The third-order valence-electron chi connectivity index (χ3n) is 6.47. The summed E-state index contributed by atoms with van der Waals surface area (Å²) < 4.78 is 4.54. The summed E-state index contributed by atoms with van der Waals surface area (Å²) >= 11 is 0. The molecular weight excluding hydrogens is 448 g/mol. The molecule has 3 aromatic rings. The molecule has 10 nitrogen and oxygen atoms in total. The van der Waals surface area contributed by atoms with Gasteiger partial charge in [0.25, 0.3) is 5.91 Å². The Morgan fingerprint density at radius 3 is 2.66 bits per heavy atom. The van der Waals surface area contributed by atoms with Gasteiger partial charge >= 0.3 is 11.8 Å². The van der Waals surface area contributed by atoms with Crippen LogP contribution in [-0.2, 0) is 4.79 Å². The van der Waals surface area contributed by atoms with Crippen LogP contribution in [0.25, 0.3) is 11.4 Å². The van der Waals surface area contributed by atoms with Crippen molar-refractivity contribution in [3.63, 3.8) is 0 Å². The van der Waals surface area contributed by atoms with E-state index in [2.05, 4.69) is 25.3 Å². The normalized spacial score (nSPS) is 18.4. The molecule has 1 atom stereocenters. The Morgan fingerprint density at radius 1 is 1.09 bits per heavy atom. The van der Waals surface area contributed by atoms with E-state index < -0.39 is 18.0 Å². The monoisotopic (exact) mass is 474 g/mol. The summed E-state index contributed by atoms with van der Waals surface area (Å²) in [5, 5.41) is 9.13. The minimum absolute atomic E-state index is 0.248. The number of likely N-dealkylation sites (N-methyl/N-ethyl adjacent to an activating group) is 1. The smallest absolute Gasteiger partial charge is 0.311 e. The number of para-hydroxylation sites is 1. The molecule has 1 aliphatic heterocycles. The molecule has 1 aliphatic carbocycles. The summed E-state index contributed by atoms with van der Waals surface area (Å²) in [5.74, 6) is -0.482. The van der Waals surface area contributed by atoms with E-state index >= 15 is 0 Å². The van der Waals surface area contributed by atoms with Crippen LogP contribution in [0.15, 0.2) is 62.8 Å². The number of hydrogen-bond acceptors (Lipinski definition) is 6. The third-order valence-corrected chi connectivity index (χ3v) is 6.47. The molecule has 0 unspecified atom stereocenters. The lowest BCUT2D eigenvalue weighted by Gasteiger charge is -2.25. The second-order valence-corrected chi connectivity index (χ2v) is 8.79. The Bertz CT molecular complexity index is 1340. The molecular formula is C25H26N6O4. The molecule has 1 fully saturated rings. The number of hydrogen-bond donors (Lipinski definition) is 3. The van der Waals surface area contributed by atoms with Gasteiger partial charge in [-0.15, -0.1) is 0 Å². The van der Waals surface area contributed by atoms with E-state index in [1.54, 1.807) is 36.2 Å². The number of aliphatic imine (C=N–C) groups is 1. The van der Waals surface area contributed by atoms with Gasteiger partial charge in [0, 0.05) is 29.8 Å². The van der Waals surface area contributed by atoms with Crippen LogP contribution < -0.4 is 21.3 Å². The zero-order chi connectivity index (χ0) is 24.4. The number of aromatic nitrogens is 2. The van der Waals surface area contributed by atoms with Crippen LogP contribution in [0.3, 0.4) is 0 Å². The van der Waals surface area contributed by atoms with Crippen LogP contribution in [0.1, 0.15) is 37.7 Å². The average molecular weight is 475 g/mol. The van der Waals surface area contributed by atoms with Gasteiger partial charge in [-0.3, -0.25) is 19.3 Å². The van der Waals surface area contributed by atoms with Crippen LogP contribution in [0.5, 0.6) is 0 Å². The van der Waals surface area contributed by atoms with Crippen LogP contribution in [0, 0.1) is 5.92 Å². The summed E-state index contributed by atoms with van der Waals surface area (Å²) in [7, 11) is 1.70. The number of amides is 3. The molecule has 10 heteroatoms. The van der Waals surface area contributed by atoms with Gasteiger partial charge in [-0.1, -0.05) is 54.8 Å². The molecule has 0 bridgehead atoms. The molecule has 2 aliphatic rings. The second-order valence-electron chi connectivity index (χ2n) is 8.79. The van der Waals surface area contributed by atoms with Crippen molar-refractivity contribution in [1.29, 1.82) is 0 Å². The van der Waals surface area contributed by atoms with Crippen molar-refractivity contribution in [2.24, 2.45) is 10.9 Å². The Hall–Kier alpha value is -4.21. The number of benzodiazepines with no additional fused rings is 1. The van der Waals surface area contributed by atoms with Crippen molar-refractivity contribution in [2.75, 3.05) is 17.3 Å². The van der Waals surface area contributed by atoms with E-state index in [0.717, 1.165) is 42.6 Å². The van der Waals surface area contributed by atoms with E-state index in [0.29, 0.717) is 11.3 Å². The lowest BCUT2D eigenvalue weighted by Crippen LogP contribution is -2.47.